The van der Waals surface area contributed by atoms with Crippen LogP contribution in [0.15, 0.2) is 71.6 Å². The van der Waals surface area contributed by atoms with Crippen LogP contribution in [0.3, 0.4) is 0 Å². The molecule has 192 valence electrons. The highest BCUT2D eigenvalue weighted by Gasteiger charge is 2.43. The first kappa shape index (κ1) is 26.0. The van der Waals surface area contributed by atoms with Gasteiger partial charge in [0.2, 0.25) is 5.91 Å². The first-order valence-corrected chi connectivity index (χ1v) is 12.9. The van der Waals surface area contributed by atoms with Crippen LogP contribution in [-0.4, -0.2) is 27.3 Å². The average Bonchev–Trinajstić information content (AvgIpc) is 2.85. The van der Waals surface area contributed by atoms with Crippen LogP contribution in [-0.2, 0) is 19.7 Å². The number of ether oxygens (including phenoxy) is 1. The number of carbonyl (C=O) groups is 2. The van der Waals surface area contributed by atoms with E-state index in [0.717, 1.165) is 11.1 Å². The van der Waals surface area contributed by atoms with Gasteiger partial charge in [0.25, 0.3) is 5.91 Å². The normalized spacial score (nSPS) is 15.3. The van der Waals surface area contributed by atoms with E-state index in [1.807, 2.05) is 26.0 Å². The van der Waals surface area contributed by atoms with Crippen molar-refractivity contribution in [2.75, 3.05) is 17.3 Å². The fraction of sp³-hybridized carbons (Fsp3) is 0.214. The summed E-state index contributed by atoms with van der Waals surface area (Å²) in [5.74, 6) is 0.338. The lowest BCUT2D eigenvalue weighted by molar-refractivity contribution is -0.119. The molecule has 0 saturated carbocycles. The highest BCUT2D eigenvalue weighted by atomic mass is 32.2. The van der Waals surface area contributed by atoms with Crippen molar-refractivity contribution in [2.24, 2.45) is 0 Å². The van der Waals surface area contributed by atoms with Crippen LogP contribution in [0.2, 0.25) is 0 Å². The van der Waals surface area contributed by atoms with Gasteiger partial charge in [-0.25, -0.2) is 0 Å². The van der Waals surface area contributed by atoms with E-state index >= 15 is 0 Å². The zero-order chi connectivity index (χ0) is 27.1. The Balaban J connectivity index is 1.65. The SMILES string of the molecule is C=C1C(=O)N(c2cc(C)c(C)c(OC)c2)[C@H]1c1ccc(C)c(OS(=O)(=O)c2ccc(NC(C)=O)cc2)c1. The summed E-state index contributed by atoms with van der Waals surface area (Å²) >= 11 is 0. The largest absolute Gasteiger partial charge is 0.496 e. The Morgan fingerprint density at radius 1 is 0.973 bits per heavy atom. The number of nitrogens with zero attached hydrogens (tertiary/aromatic N) is 1. The minimum atomic E-state index is -4.15. The summed E-state index contributed by atoms with van der Waals surface area (Å²) in [5.41, 5.74) is 4.76. The third-order valence-electron chi connectivity index (χ3n) is 6.38. The van der Waals surface area contributed by atoms with Gasteiger partial charge in [-0.1, -0.05) is 18.7 Å². The van der Waals surface area contributed by atoms with Crippen molar-refractivity contribution in [3.05, 3.63) is 89.0 Å². The van der Waals surface area contributed by atoms with Gasteiger partial charge < -0.3 is 14.2 Å². The lowest BCUT2D eigenvalue weighted by atomic mass is 9.87. The average molecular weight is 521 g/mol. The molecule has 0 spiro atoms. The highest BCUT2D eigenvalue weighted by Crippen LogP contribution is 2.45. The number of rotatable bonds is 7. The summed E-state index contributed by atoms with van der Waals surface area (Å²) < 4.78 is 37.0. The number of benzene rings is 3. The number of anilines is 2. The fourth-order valence-electron chi connectivity index (χ4n) is 4.21. The van der Waals surface area contributed by atoms with Crippen molar-refractivity contribution < 1.29 is 26.9 Å². The first-order valence-electron chi connectivity index (χ1n) is 11.5. The molecule has 0 radical (unpaired) electrons. The molecule has 1 aliphatic rings. The van der Waals surface area contributed by atoms with Gasteiger partial charge in [0.05, 0.1) is 13.2 Å². The van der Waals surface area contributed by atoms with E-state index in [9.17, 15) is 18.0 Å². The summed E-state index contributed by atoms with van der Waals surface area (Å²) in [6.45, 7) is 10.9. The molecular formula is C28H28N2O6S. The van der Waals surface area contributed by atoms with E-state index in [1.54, 1.807) is 37.1 Å². The van der Waals surface area contributed by atoms with Crippen molar-refractivity contribution in [3.8, 4) is 11.5 Å². The third kappa shape index (κ3) is 4.95. The molecule has 1 N–H and O–H groups in total. The topological polar surface area (TPSA) is 102 Å². The molecule has 3 aromatic carbocycles. The van der Waals surface area contributed by atoms with Gasteiger partial charge in [-0.3, -0.25) is 14.5 Å². The number of hydrogen-bond acceptors (Lipinski definition) is 6. The zero-order valence-electron chi connectivity index (χ0n) is 21.3. The number of amides is 2. The monoisotopic (exact) mass is 520 g/mol. The molecule has 0 unspecified atom stereocenters. The number of nitrogens with one attached hydrogen (secondary N) is 1. The summed E-state index contributed by atoms with van der Waals surface area (Å²) in [6, 6.07) is 14.1. The van der Waals surface area contributed by atoms with E-state index in [0.29, 0.717) is 33.8 Å². The minimum Gasteiger partial charge on any atom is -0.496 e. The minimum absolute atomic E-state index is 0.0570. The lowest BCUT2D eigenvalue weighted by Crippen LogP contribution is -2.48. The van der Waals surface area contributed by atoms with Crippen LogP contribution in [0, 0.1) is 20.8 Å². The summed E-state index contributed by atoms with van der Waals surface area (Å²) in [6.07, 6.45) is 0. The third-order valence-corrected chi connectivity index (χ3v) is 7.62. The number of β-lactam (4-membered cyclic amide) rings is 1. The molecule has 4 rings (SSSR count). The van der Waals surface area contributed by atoms with Crippen LogP contribution < -0.4 is 19.1 Å². The predicted molar refractivity (Wildman–Crippen MR) is 142 cm³/mol. The molecule has 2 amide bonds. The Labute approximate surface area is 216 Å². The zero-order valence-corrected chi connectivity index (χ0v) is 22.1. The molecule has 1 saturated heterocycles. The van der Waals surface area contributed by atoms with Crippen molar-refractivity contribution in [3.63, 3.8) is 0 Å². The Morgan fingerprint density at radius 3 is 2.27 bits per heavy atom. The number of aryl methyl sites for hydroxylation is 2. The van der Waals surface area contributed by atoms with E-state index < -0.39 is 16.2 Å². The van der Waals surface area contributed by atoms with Gasteiger partial charge in [-0.2, -0.15) is 8.42 Å². The molecule has 1 fully saturated rings. The van der Waals surface area contributed by atoms with Gasteiger partial charge in [-0.05, 0) is 79.4 Å². The van der Waals surface area contributed by atoms with Gasteiger partial charge >= 0.3 is 10.1 Å². The van der Waals surface area contributed by atoms with E-state index in [1.165, 1.54) is 31.2 Å². The second-order valence-electron chi connectivity index (χ2n) is 8.96. The van der Waals surface area contributed by atoms with Gasteiger partial charge in [0.15, 0.2) is 0 Å². The standard InChI is InChI=1S/C28H28N2O6S/c1-16-7-8-21(14-25(16)36-37(33,34)24-11-9-22(10-12-24)29-20(5)31)27-19(4)28(32)30(27)23-13-17(2)18(3)26(15-23)35-6/h7-15,27H,4H2,1-3,5-6H3,(H,29,31)/t27-/m1/s1. The number of hydrogen-bond donors (Lipinski definition) is 1. The molecule has 0 aromatic heterocycles. The molecule has 0 aliphatic carbocycles. The van der Waals surface area contributed by atoms with Crippen molar-refractivity contribution in [1.82, 2.24) is 0 Å². The van der Waals surface area contributed by atoms with Crippen LogP contribution in [0.4, 0.5) is 11.4 Å². The first-order chi connectivity index (χ1) is 17.4. The van der Waals surface area contributed by atoms with Crippen LogP contribution in [0.1, 0.15) is 35.2 Å². The highest BCUT2D eigenvalue weighted by molar-refractivity contribution is 7.87. The Bertz CT molecular complexity index is 1530. The maximum Gasteiger partial charge on any atom is 0.339 e. The quantitative estimate of drug-likeness (QED) is 0.268. The second-order valence-corrected chi connectivity index (χ2v) is 10.5. The van der Waals surface area contributed by atoms with E-state index in [2.05, 4.69) is 11.9 Å². The van der Waals surface area contributed by atoms with Crippen molar-refractivity contribution in [1.29, 1.82) is 0 Å². The molecule has 0 bridgehead atoms. The molecule has 1 atom stereocenters. The molecule has 3 aromatic rings. The summed E-state index contributed by atoms with van der Waals surface area (Å²) in [4.78, 5) is 25.6. The number of methoxy groups -OCH3 is 1. The van der Waals surface area contributed by atoms with Gasteiger partial charge in [0, 0.05) is 29.9 Å². The van der Waals surface area contributed by atoms with Crippen molar-refractivity contribution >= 4 is 33.3 Å². The Kier molecular flexibility index (Phi) is 6.84. The second kappa shape index (κ2) is 9.74. The Hall–Kier alpha value is -4.11. The van der Waals surface area contributed by atoms with Gasteiger partial charge in [0.1, 0.15) is 16.4 Å². The maximum atomic E-state index is 13.0. The maximum absolute atomic E-state index is 13.0. The summed E-state index contributed by atoms with van der Waals surface area (Å²) in [5, 5.41) is 2.59. The van der Waals surface area contributed by atoms with Crippen molar-refractivity contribution in [2.45, 2.75) is 38.6 Å². The summed E-state index contributed by atoms with van der Waals surface area (Å²) in [7, 11) is -2.57. The predicted octanol–water partition coefficient (Wildman–Crippen LogP) is 4.99. The molecule has 1 aliphatic heterocycles. The molecular weight excluding hydrogens is 492 g/mol. The van der Waals surface area contributed by atoms with Crippen LogP contribution >= 0.6 is 0 Å². The van der Waals surface area contributed by atoms with Gasteiger partial charge in [-0.15, -0.1) is 0 Å². The molecule has 1 heterocycles. The number of carbonyl (C=O) groups excluding carboxylic acids is 2. The molecule has 8 nitrogen and oxygen atoms in total. The smallest absolute Gasteiger partial charge is 0.339 e. The van der Waals surface area contributed by atoms with Crippen LogP contribution in [0.5, 0.6) is 11.5 Å². The van der Waals surface area contributed by atoms with E-state index in [-0.39, 0.29) is 22.5 Å². The Morgan fingerprint density at radius 2 is 1.65 bits per heavy atom. The molecule has 37 heavy (non-hydrogen) atoms. The van der Waals surface area contributed by atoms with E-state index in [4.69, 9.17) is 8.92 Å². The lowest BCUT2D eigenvalue weighted by Gasteiger charge is -2.43. The molecule has 9 heteroatoms. The van der Waals surface area contributed by atoms with Crippen LogP contribution in [0.25, 0.3) is 0 Å². The fourth-order valence-corrected chi connectivity index (χ4v) is 5.19.